The van der Waals surface area contributed by atoms with Gasteiger partial charge >= 0.3 is 5.97 Å². The Bertz CT molecular complexity index is 432. The monoisotopic (exact) mass is 255 g/mol. The Morgan fingerprint density at radius 3 is 2.59 bits per heavy atom. The Morgan fingerprint density at radius 1 is 1.41 bits per heavy atom. The van der Waals surface area contributed by atoms with Crippen LogP contribution in [0.2, 0.25) is 0 Å². The summed E-state index contributed by atoms with van der Waals surface area (Å²) in [6.07, 6.45) is 0. The molecule has 0 bridgehead atoms. The molecule has 0 fully saturated rings. The number of hydrogen-bond donors (Lipinski definition) is 1. The Labute approximate surface area is 104 Å². The zero-order chi connectivity index (χ0) is 13.0. The van der Waals surface area contributed by atoms with Gasteiger partial charge in [-0.2, -0.15) is 0 Å². The largest absolute Gasteiger partial charge is 0.477 e. The van der Waals surface area contributed by atoms with Crippen molar-refractivity contribution in [2.24, 2.45) is 5.92 Å². The molecule has 0 radical (unpaired) electrons. The molecule has 0 amide bonds. The molecule has 1 aromatic heterocycles. The van der Waals surface area contributed by atoms with Crippen LogP contribution in [0.3, 0.4) is 0 Å². The van der Waals surface area contributed by atoms with Gasteiger partial charge in [0.1, 0.15) is 5.69 Å². The molecule has 17 heavy (non-hydrogen) atoms. The Kier molecular flexibility index (Phi) is 4.81. The van der Waals surface area contributed by atoms with Crippen LogP contribution in [-0.2, 0) is 16.6 Å². The van der Waals surface area contributed by atoms with Gasteiger partial charge in [-0.1, -0.05) is 26.8 Å². The molecule has 0 aromatic carbocycles. The van der Waals surface area contributed by atoms with E-state index in [9.17, 15) is 9.00 Å². The summed E-state index contributed by atoms with van der Waals surface area (Å²) in [6.45, 7) is 5.97. The lowest BCUT2D eigenvalue weighted by atomic mass is 10.2. The van der Waals surface area contributed by atoms with Crippen molar-refractivity contribution in [2.75, 3.05) is 0 Å². The van der Waals surface area contributed by atoms with Gasteiger partial charge in [0, 0.05) is 16.0 Å². The molecule has 0 saturated heterocycles. The summed E-state index contributed by atoms with van der Waals surface area (Å²) in [5, 5.41) is 8.88. The van der Waals surface area contributed by atoms with Gasteiger partial charge in [-0.05, 0) is 18.1 Å². The van der Waals surface area contributed by atoms with Crippen molar-refractivity contribution in [1.82, 2.24) is 4.98 Å². The lowest BCUT2D eigenvalue weighted by Gasteiger charge is -2.14. The first-order valence-corrected chi connectivity index (χ1v) is 6.86. The highest BCUT2D eigenvalue weighted by Gasteiger charge is 2.16. The molecule has 94 valence electrons. The molecule has 0 aliphatic heterocycles. The summed E-state index contributed by atoms with van der Waals surface area (Å²) in [6, 6.07) is 4.76. The van der Waals surface area contributed by atoms with Gasteiger partial charge in [-0.15, -0.1) is 0 Å². The van der Waals surface area contributed by atoms with Crippen molar-refractivity contribution < 1.29 is 14.1 Å². The van der Waals surface area contributed by atoms with Crippen LogP contribution in [0, 0.1) is 5.92 Å². The van der Waals surface area contributed by atoms with Crippen LogP contribution in [0.25, 0.3) is 0 Å². The topological polar surface area (TPSA) is 67.3 Å². The van der Waals surface area contributed by atoms with Gasteiger partial charge < -0.3 is 5.11 Å². The molecule has 1 N–H and O–H groups in total. The SMILES string of the molecule is CC(C)C(C)S(=O)Cc1cccc(C(=O)O)n1. The average Bonchev–Trinajstić information content (AvgIpc) is 2.28. The number of rotatable bonds is 5. The molecule has 4 nitrogen and oxygen atoms in total. The van der Waals surface area contributed by atoms with Crippen molar-refractivity contribution in [3.8, 4) is 0 Å². The third-order valence-electron chi connectivity index (χ3n) is 2.67. The molecule has 2 unspecified atom stereocenters. The highest BCUT2D eigenvalue weighted by molar-refractivity contribution is 7.84. The van der Waals surface area contributed by atoms with Crippen LogP contribution in [0.15, 0.2) is 18.2 Å². The lowest BCUT2D eigenvalue weighted by molar-refractivity contribution is 0.0690. The molecule has 0 saturated carbocycles. The van der Waals surface area contributed by atoms with E-state index in [0.717, 1.165) is 0 Å². The second-order valence-electron chi connectivity index (χ2n) is 4.29. The van der Waals surface area contributed by atoms with Crippen molar-refractivity contribution in [3.63, 3.8) is 0 Å². The molecule has 0 spiro atoms. The fraction of sp³-hybridized carbons (Fsp3) is 0.500. The number of nitrogens with zero attached hydrogens (tertiary/aromatic N) is 1. The van der Waals surface area contributed by atoms with Crippen molar-refractivity contribution >= 4 is 16.8 Å². The van der Waals surface area contributed by atoms with E-state index in [1.807, 2.05) is 20.8 Å². The van der Waals surface area contributed by atoms with E-state index in [-0.39, 0.29) is 10.9 Å². The minimum atomic E-state index is -1.06. The minimum Gasteiger partial charge on any atom is -0.477 e. The average molecular weight is 255 g/mol. The summed E-state index contributed by atoms with van der Waals surface area (Å²) in [5.41, 5.74) is 0.562. The van der Waals surface area contributed by atoms with Gasteiger partial charge in [0.05, 0.1) is 11.4 Å². The fourth-order valence-electron chi connectivity index (χ4n) is 1.26. The molecular weight excluding hydrogens is 238 g/mol. The molecule has 1 aromatic rings. The van der Waals surface area contributed by atoms with Crippen molar-refractivity contribution in [2.45, 2.75) is 31.8 Å². The maximum Gasteiger partial charge on any atom is 0.354 e. The normalized spacial score (nSPS) is 14.6. The summed E-state index contributed by atoms with van der Waals surface area (Å²) in [5.74, 6) is -0.423. The van der Waals surface area contributed by atoms with Crippen LogP contribution >= 0.6 is 0 Å². The summed E-state index contributed by atoms with van der Waals surface area (Å²) in [7, 11) is -1.02. The fourth-order valence-corrected chi connectivity index (χ4v) is 2.58. The van der Waals surface area contributed by atoms with E-state index in [1.54, 1.807) is 12.1 Å². The first-order chi connectivity index (χ1) is 7.91. The second-order valence-corrected chi connectivity index (χ2v) is 6.09. The first kappa shape index (κ1) is 13.8. The van der Waals surface area contributed by atoms with Crippen LogP contribution in [-0.4, -0.2) is 25.5 Å². The predicted molar refractivity (Wildman–Crippen MR) is 67.3 cm³/mol. The molecule has 1 heterocycles. The van der Waals surface area contributed by atoms with E-state index in [0.29, 0.717) is 17.4 Å². The molecule has 5 heteroatoms. The highest BCUT2D eigenvalue weighted by atomic mass is 32.2. The maximum atomic E-state index is 12.0. The number of carbonyl (C=O) groups is 1. The smallest absolute Gasteiger partial charge is 0.354 e. The zero-order valence-corrected chi connectivity index (χ0v) is 11.0. The molecule has 2 atom stereocenters. The van der Waals surface area contributed by atoms with Gasteiger partial charge in [0.25, 0.3) is 0 Å². The van der Waals surface area contributed by atoms with Crippen molar-refractivity contribution in [3.05, 3.63) is 29.6 Å². The second kappa shape index (κ2) is 5.91. The maximum absolute atomic E-state index is 12.0. The standard InChI is InChI=1S/C12H17NO3S/c1-8(2)9(3)17(16)7-10-5-4-6-11(13-10)12(14)15/h4-6,8-9H,7H2,1-3H3,(H,14,15). The molecule has 0 aliphatic rings. The van der Waals surface area contributed by atoms with E-state index in [2.05, 4.69) is 4.98 Å². The van der Waals surface area contributed by atoms with Crippen LogP contribution in [0.4, 0.5) is 0 Å². The third kappa shape index (κ3) is 3.93. The van der Waals surface area contributed by atoms with Gasteiger partial charge in [0.2, 0.25) is 0 Å². The van der Waals surface area contributed by atoms with Crippen LogP contribution < -0.4 is 0 Å². The predicted octanol–water partition coefficient (Wildman–Crippen LogP) is 2.07. The highest BCUT2D eigenvalue weighted by Crippen LogP contribution is 2.12. The Balaban J connectivity index is 2.78. The molecule has 0 aliphatic carbocycles. The van der Waals surface area contributed by atoms with E-state index >= 15 is 0 Å². The van der Waals surface area contributed by atoms with E-state index in [4.69, 9.17) is 5.11 Å². The summed E-state index contributed by atoms with van der Waals surface area (Å²) in [4.78, 5) is 14.7. The quantitative estimate of drug-likeness (QED) is 0.874. The lowest BCUT2D eigenvalue weighted by Crippen LogP contribution is -2.19. The number of aromatic nitrogens is 1. The number of carboxylic acids is 1. The van der Waals surface area contributed by atoms with E-state index in [1.165, 1.54) is 6.07 Å². The van der Waals surface area contributed by atoms with Gasteiger partial charge in [0.15, 0.2) is 0 Å². The Morgan fingerprint density at radius 2 is 2.06 bits per heavy atom. The van der Waals surface area contributed by atoms with E-state index < -0.39 is 16.8 Å². The van der Waals surface area contributed by atoms with Crippen LogP contribution in [0.1, 0.15) is 37.0 Å². The molecular formula is C12H17NO3S. The van der Waals surface area contributed by atoms with Gasteiger partial charge in [-0.25, -0.2) is 9.78 Å². The first-order valence-electron chi connectivity index (χ1n) is 5.48. The minimum absolute atomic E-state index is 0.00306. The summed E-state index contributed by atoms with van der Waals surface area (Å²) < 4.78 is 12.0. The number of carboxylic acid groups (broad SMARTS) is 1. The van der Waals surface area contributed by atoms with Gasteiger partial charge in [-0.3, -0.25) is 4.21 Å². The summed E-state index contributed by atoms with van der Waals surface area (Å²) >= 11 is 0. The zero-order valence-electron chi connectivity index (χ0n) is 10.2. The number of hydrogen-bond acceptors (Lipinski definition) is 3. The number of aromatic carboxylic acids is 1. The molecule has 1 rings (SSSR count). The van der Waals surface area contributed by atoms with Crippen LogP contribution in [0.5, 0.6) is 0 Å². The third-order valence-corrected chi connectivity index (χ3v) is 4.62. The van der Waals surface area contributed by atoms with Crippen molar-refractivity contribution in [1.29, 1.82) is 0 Å². The Hall–Kier alpha value is -1.23. The number of pyridine rings is 1.